The van der Waals surface area contributed by atoms with E-state index in [2.05, 4.69) is 22.3 Å². The fraction of sp³-hybridized carbons (Fsp3) is 0.381. The van der Waals surface area contributed by atoms with Gasteiger partial charge < -0.3 is 10.2 Å². The largest absolute Gasteiger partial charge is 0.416 e. The number of alkyl halides is 3. The third-order valence-corrected chi connectivity index (χ3v) is 4.94. The molecule has 1 saturated heterocycles. The monoisotopic (exact) mass is 376 g/mol. The van der Waals surface area contributed by atoms with Crippen LogP contribution in [0.15, 0.2) is 36.4 Å². The lowest BCUT2D eigenvalue weighted by Gasteiger charge is -2.29. The molecule has 0 aliphatic carbocycles. The highest BCUT2D eigenvalue weighted by molar-refractivity contribution is 5.97. The summed E-state index contributed by atoms with van der Waals surface area (Å²) in [6, 6.07) is 8.54. The maximum absolute atomic E-state index is 12.9. The number of halogens is 3. The van der Waals surface area contributed by atoms with Gasteiger partial charge in [-0.25, -0.2) is 0 Å². The van der Waals surface area contributed by atoms with E-state index in [4.69, 9.17) is 0 Å². The summed E-state index contributed by atoms with van der Waals surface area (Å²) >= 11 is 0. The van der Waals surface area contributed by atoms with Gasteiger partial charge in [0.1, 0.15) is 6.04 Å². The van der Waals surface area contributed by atoms with Gasteiger partial charge in [-0.15, -0.1) is 0 Å². The van der Waals surface area contributed by atoms with Crippen LogP contribution in [0.4, 0.5) is 24.5 Å². The number of amides is 1. The summed E-state index contributed by atoms with van der Waals surface area (Å²) in [6.45, 7) is 6.84. The number of rotatable bonds is 3. The molecule has 0 unspecified atom stereocenters. The molecular formula is C21H23F3N2O. The van der Waals surface area contributed by atoms with Gasteiger partial charge in [0, 0.05) is 17.9 Å². The first kappa shape index (κ1) is 19.3. The molecule has 0 bridgehead atoms. The third kappa shape index (κ3) is 4.10. The molecule has 1 aliphatic rings. The van der Waals surface area contributed by atoms with Crippen LogP contribution in [0.2, 0.25) is 0 Å². The van der Waals surface area contributed by atoms with E-state index >= 15 is 0 Å². The Hall–Kier alpha value is -2.50. The highest BCUT2D eigenvalue weighted by Gasteiger charge is 2.33. The molecular weight excluding hydrogens is 353 g/mol. The van der Waals surface area contributed by atoms with Crippen molar-refractivity contribution in [2.24, 2.45) is 0 Å². The Labute approximate surface area is 157 Å². The van der Waals surface area contributed by atoms with Crippen molar-refractivity contribution < 1.29 is 18.0 Å². The second kappa shape index (κ2) is 7.25. The van der Waals surface area contributed by atoms with Crippen molar-refractivity contribution in [3.8, 4) is 0 Å². The first-order valence-electron chi connectivity index (χ1n) is 8.99. The zero-order valence-corrected chi connectivity index (χ0v) is 15.7. The molecule has 0 saturated carbocycles. The Morgan fingerprint density at radius 1 is 1.11 bits per heavy atom. The Kier molecular flexibility index (Phi) is 5.18. The van der Waals surface area contributed by atoms with Gasteiger partial charge in [-0.05, 0) is 62.9 Å². The number of benzene rings is 2. The fourth-order valence-electron chi connectivity index (χ4n) is 3.93. The van der Waals surface area contributed by atoms with Crippen LogP contribution in [-0.2, 0) is 11.0 Å². The smallest absolute Gasteiger partial charge is 0.359 e. The van der Waals surface area contributed by atoms with E-state index < -0.39 is 11.7 Å². The Morgan fingerprint density at radius 2 is 1.78 bits per heavy atom. The highest BCUT2D eigenvalue weighted by atomic mass is 19.4. The minimum atomic E-state index is -4.43. The first-order valence-corrected chi connectivity index (χ1v) is 8.99. The van der Waals surface area contributed by atoms with Gasteiger partial charge in [0.15, 0.2) is 0 Å². The van der Waals surface area contributed by atoms with Crippen LogP contribution in [-0.4, -0.2) is 18.5 Å². The van der Waals surface area contributed by atoms with Crippen LogP contribution >= 0.6 is 0 Å². The number of hydrogen-bond acceptors (Lipinski definition) is 2. The van der Waals surface area contributed by atoms with Gasteiger partial charge in [-0.1, -0.05) is 23.8 Å². The van der Waals surface area contributed by atoms with Crippen LogP contribution in [0.25, 0.3) is 0 Å². The summed E-state index contributed by atoms with van der Waals surface area (Å²) in [5.41, 5.74) is 3.81. The Bertz CT molecular complexity index is 838. The van der Waals surface area contributed by atoms with Crippen molar-refractivity contribution in [1.29, 1.82) is 0 Å². The normalized spacial score (nSPS) is 17.3. The zero-order chi connectivity index (χ0) is 19.8. The Morgan fingerprint density at radius 3 is 2.41 bits per heavy atom. The maximum Gasteiger partial charge on any atom is 0.416 e. The van der Waals surface area contributed by atoms with Crippen molar-refractivity contribution in [3.05, 3.63) is 58.7 Å². The van der Waals surface area contributed by atoms with Gasteiger partial charge in [0.05, 0.1) is 5.56 Å². The molecule has 2 aromatic rings. The summed E-state index contributed by atoms with van der Waals surface area (Å²) in [5.74, 6) is -0.272. The average Bonchev–Trinajstić information content (AvgIpc) is 3.02. The minimum Gasteiger partial charge on any atom is -0.359 e. The fourth-order valence-corrected chi connectivity index (χ4v) is 3.93. The van der Waals surface area contributed by atoms with Crippen molar-refractivity contribution in [2.45, 2.75) is 45.8 Å². The summed E-state index contributed by atoms with van der Waals surface area (Å²) in [5, 5.41) is 2.67. The second-order valence-corrected chi connectivity index (χ2v) is 7.17. The molecule has 144 valence electrons. The standard InChI is InChI=1S/C21H23F3N2O/c1-13-10-14(2)19(15(3)11-13)26-9-5-8-18(26)20(27)25-17-7-4-6-16(12-17)21(22,23)24/h4,6-7,10-12,18H,5,8-9H2,1-3H3,(H,25,27)/t18-/m0/s1. The molecule has 1 amide bonds. The van der Waals surface area contributed by atoms with Gasteiger partial charge in [0.2, 0.25) is 5.91 Å². The second-order valence-electron chi connectivity index (χ2n) is 7.17. The SMILES string of the molecule is Cc1cc(C)c(N2CCC[C@H]2C(=O)Nc2cccc(C(F)(F)F)c2)c(C)c1. The lowest BCUT2D eigenvalue weighted by Crippen LogP contribution is -2.40. The summed E-state index contributed by atoms with van der Waals surface area (Å²) in [6.07, 6.45) is -2.89. The summed E-state index contributed by atoms with van der Waals surface area (Å²) in [4.78, 5) is 14.9. The molecule has 0 radical (unpaired) electrons. The Balaban J connectivity index is 1.83. The van der Waals surface area contributed by atoms with E-state index in [1.54, 1.807) is 0 Å². The minimum absolute atomic E-state index is 0.166. The maximum atomic E-state index is 12.9. The number of carbonyl (C=O) groups is 1. The number of aryl methyl sites for hydroxylation is 3. The zero-order valence-electron chi connectivity index (χ0n) is 15.7. The molecule has 0 spiro atoms. The molecule has 1 heterocycles. The van der Waals surface area contributed by atoms with E-state index in [1.807, 2.05) is 20.8 Å². The number of hydrogen-bond donors (Lipinski definition) is 1. The van der Waals surface area contributed by atoms with E-state index in [0.717, 1.165) is 47.5 Å². The van der Waals surface area contributed by atoms with Crippen LogP contribution in [0.5, 0.6) is 0 Å². The third-order valence-electron chi connectivity index (χ3n) is 4.94. The van der Waals surface area contributed by atoms with Gasteiger partial charge in [0.25, 0.3) is 0 Å². The van der Waals surface area contributed by atoms with E-state index in [1.165, 1.54) is 12.1 Å². The molecule has 1 aliphatic heterocycles. The first-order chi connectivity index (χ1) is 12.7. The van der Waals surface area contributed by atoms with Gasteiger partial charge in [-0.3, -0.25) is 4.79 Å². The van der Waals surface area contributed by atoms with Gasteiger partial charge in [-0.2, -0.15) is 13.2 Å². The van der Waals surface area contributed by atoms with Crippen molar-refractivity contribution in [1.82, 2.24) is 0 Å². The topological polar surface area (TPSA) is 32.3 Å². The lowest BCUT2D eigenvalue weighted by molar-refractivity contribution is -0.137. The van der Waals surface area contributed by atoms with E-state index in [9.17, 15) is 18.0 Å². The van der Waals surface area contributed by atoms with Crippen LogP contribution in [0, 0.1) is 20.8 Å². The van der Waals surface area contributed by atoms with Gasteiger partial charge >= 0.3 is 6.18 Å². The van der Waals surface area contributed by atoms with Crippen LogP contribution < -0.4 is 10.2 Å². The molecule has 1 N–H and O–H groups in total. The molecule has 0 aromatic heterocycles. The molecule has 1 fully saturated rings. The number of carbonyl (C=O) groups excluding carboxylic acids is 1. The van der Waals surface area contributed by atoms with Crippen LogP contribution in [0.1, 0.15) is 35.1 Å². The van der Waals surface area contributed by atoms with Crippen molar-refractivity contribution >= 4 is 17.3 Å². The molecule has 3 nitrogen and oxygen atoms in total. The number of anilines is 2. The quantitative estimate of drug-likeness (QED) is 0.795. The van der Waals surface area contributed by atoms with Crippen molar-refractivity contribution in [3.63, 3.8) is 0 Å². The molecule has 3 rings (SSSR count). The van der Waals surface area contributed by atoms with E-state index in [-0.39, 0.29) is 17.6 Å². The number of nitrogens with one attached hydrogen (secondary N) is 1. The molecule has 2 aromatic carbocycles. The summed E-state index contributed by atoms with van der Waals surface area (Å²) in [7, 11) is 0. The highest BCUT2D eigenvalue weighted by Crippen LogP contribution is 2.34. The molecule has 1 atom stereocenters. The average molecular weight is 376 g/mol. The van der Waals surface area contributed by atoms with E-state index in [0.29, 0.717) is 6.42 Å². The lowest BCUT2D eigenvalue weighted by atomic mass is 10.0. The summed E-state index contributed by atoms with van der Waals surface area (Å²) < 4.78 is 38.7. The predicted octanol–water partition coefficient (Wildman–Crippen LogP) is 5.24. The molecule has 27 heavy (non-hydrogen) atoms. The van der Waals surface area contributed by atoms with Crippen molar-refractivity contribution in [2.75, 3.05) is 16.8 Å². The van der Waals surface area contributed by atoms with Crippen LogP contribution in [0.3, 0.4) is 0 Å². The number of nitrogens with zero attached hydrogens (tertiary/aromatic N) is 1. The molecule has 6 heteroatoms. The predicted molar refractivity (Wildman–Crippen MR) is 101 cm³/mol.